The molecule has 0 spiro atoms. The van der Waals surface area contributed by atoms with Gasteiger partial charge in [-0.1, -0.05) is 12.1 Å². The molecule has 0 saturated heterocycles. The van der Waals surface area contributed by atoms with Gasteiger partial charge in [-0.2, -0.15) is 25.3 Å². The van der Waals surface area contributed by atoms with Crippen LogP contribution in [0, 0.1) is 0 Å². The zero-order valence-corrected chi connectivity index (χ0v) is 16.0. The first kappa shape index (κ1) is 17.9. The van der Waals surface area contributed by atoms with Gasteiger partial charge in [0.2, 0.25) is 5.76 Å². The maximum atomic E-state index is 12.2. The van der Waals surface area contributed by atoms with Gasteiger partial charge in [-0.3, -0.25) is 4.98 Å². The first-order valence-electron chi connectivity index (χ1n) is 7.80. The molecule has 1 aromatic carbocycles. The Labute approximate surface area is 157 Å². The standard InChI is InChI=1S/C19H19NO3S2/c1-18(2,3)23-17(21)15-11-12-10-13(7-8-14(12)22-15)19(24,25)16-6-4-5-9-20-16/h4-11,24-25H,1-3H3. The van der Waals surface area contributed by atoms with Crippen molar-refractivity contribution in [3.05, 3.63) is 65.7 Å². The summed E-state index contributed by atoms with van der Waals surface area (Å²) in [5, 5.41) is 0.779. The Hall–Kier alpha value is -1.92. The summed E-state index contributed by atoms with van der Waals surface area (Å²) in [5.74, 6) is -0.318. The average Bonchev–Trinajstić information content (AvgIpc) is 2.97. The van der Waals surface area contributed by atoms with Crippen molar-refractivity contribution in [1.29, 1.82) is 0 Å². The number of carbonyl (C=O) groups excluding carboxylic acids is 1. The van der Waals surface area contributed by atoms with Gasteiger partial charge in [0.25, 0.3) is 0 Å². The van der Waals surface area contributed by atoms with Crippen LogP contribution in [-0.2, 0) is 8.82 Å². The molecule has 0 saturated carbocycles. The number of fused-ring (bicyclic) bond motifs is 1. The fourth-order valence-corrected chi connectivity index (χ4v) is 2.95. The second kappa shape index (κ2) is 6.42. The summed E-state index contributed by atoms with van der Waals surface area (Å²) < 4.78 is 10.1. The number of hydrogen-bond acceptors (Lipinski definition) is 6. The molecule has 6 heteroatoms. The number of ether oxygens (including phenoxy) is 1. The molecule has 3 rings (SSSR count). The number of aromatic nitrogens is 1. The number of benzene rings is 1. The number of pyridine rings is 1. The summed E-state index contributed by atoms with van der Waals surface area (Å²) in [5.41, 5.74) is 1.58. The van der Waals surface area contributed by atoms with Gasteiger partial charge < -0.3 is 9.15 Å². The molecule has 0 aliphatic carbocycles. The van der Waals surface area contributed by atoms with Crippen LogP contribution in [0.3, 0.4) is 0 Å². The van der Waals surface area contributed by atoms with E-state index < -0.39 is 15.6 Å². The number of nitrogens with zero attached hydrogens (tertiary/aromatic N) is 1. The topological polar surface area (TPSA) is 52.3 Å². The maximum Gasteiger partial charge on any atom is 0.374 e. The highest BCUT2D eigenvalue weighted by Crippen LogP contribution is 2.40. The Bertz CT molecular complexity index is 911. The third-order valence-electron chi connectivity index (χ3n) is 3.54. The van der Waals surface area contributed by atoms with E-state index in [9.17, 15) is 4.79 Å². The summed E-state index contributed by atoms with van der Waals surface area (Å²) in [6.07, 6.45) is 1.70. The van der Waals surface area contributed by atoms with Crippen molar-refractivity contribution in [2.75, 3.05) is 0 Å². The molecule has 0 unspecified atom stereocenters. The van der Waals surface area contributed by atoms with E-state index in [4.69, 9.17) is 9.15 Å². The summed E-state index contributed by atoms with van der Waals surface area (Å²) >= 11 is 9.35. The number of thiol groups is 2. The van der Waals surface area contributed by atoms with Gasteiger partial charge >= 0.3 is 5.97 Å². The number of esters is 1. The van der Waals surface area contributed by atoms with Gasteiger partial charge in [0.05, 0.1) is 5.69 Å². The van der Waals surface area contributed by atoms with Crippen molar-refractivity contribution in [2.24, 2.45) is 0 Å². The Morgan fingerprint density at radius 3 is 2.52 bits per heavy atom. The first-order valence-corrected chi connectivity index (χ1v) is 8.70. The van der Waals surface area contributed by atoms with Gasteiger partial charge in [-0.25, -0.2) is 4.79 Å². The van der Waals surface area contributed by atoms with Crippen LogP contribution < -0.4 is 0 Å². The van der Waals surface area contributed by atoms with E-state index in [0.29, 0.717) is 5.58 Å². The molecule has 0 bridgehead atoms. The van der Waals surface area contributed by atoms with Crippen LogP contribution in [0.5, 0.6) is 0 Å². The highest BCUT2D eigenvalue weighted by molar-refractivity contribution is 8.00. The summed E-state index contributed by atoms with van der Waals surface area (Å²) in [4.78, 5) is 16.5. The lowest BCUT2D eigenvalue weighted by Gasteiger charge is -2.22. The lowest BCUT2D eigenvalue weighted by Crippen LogP contribution is -2.23. The number of furan rings is 1. The van der Waals surface area contributed by atoms with Crippen molar-refractivity contribution < 1.29 is 13.9 Å². The molecule has 0 radical (unpaired) electrons. The smallest absolute Gasteiger partial charge is 0.374 e. The van der Waals surface area contributed by atoms with E-state index in [1.807, 2.05) is 51.1 Å². The molecule has 0 aliphatic heterocycles. The van der Waals surface area contributed by atoms with Crippen LogP contribution in [0.1, 0.15) is 42.6 Å². The second-order valence-corrected chi connectivity index (χ2v) is 8.45. The zero-order valence-electron chi connectivity index (χ0n) is 14.2. The molecule has 0 fully saturated rings. The minimum atomic E-state index is -0.862. The van der Waals surface area contributed by atoms with Crippen molar-refractivity contribution >= 4 is 42.2 Å². The van der Waals surface area contributed by atoms with Crippen LogP contribution in [0.25, 0.3) is 11.0 Å². The Morgan fingerprint density at radius 1 is 1.12 bits per heavy atom. The SMILES string of the molecule is CC(C)(C)OC(=O)c1cc2cc(C(S)(S)c3ccccn3)ccc2o1. The number of carbonyl (C=O) groups is 1. The van der Waals surface area contributed by atoms with Crippen LogP contribution in [-0.4, -0.2) is 16.6 Å². The van der Waals surface area contributed by atoms with Crippen LogP contribution in [0.15, 0.2) is 53.1 Å². The normalized spacial score (nSPS) is 12.4. The molecule has 0 atom stereocenters. The summed E-state index contributed by atoms with van der Waals surface area (Å²) in [6, 6.07) is 12.8. The summed E-state index contributed by atoms with van der Waals surface area (Å²) in [7, 11) is 0. The van der Waals surface area contributed by atoms with Crippen LogP contribution in [0.4, 0.5) is 0 Å². The van der Waals surface area contributed by atoms with Gasteiger partial charge in [-0.05, 0) is 56.7 Å². The van der Waals surface area contributed by atoms with Gasteiger partial charge in [-0.15, -0.1) is 0 Å². The second-order valence-electron chi connectivity index (χ2n) is 6.75. The largest absolute Gasteiger partial charge is 0.454 e. The predicted molar refractivity (Wildman–Crippen MR) is 104 cm³/mol. The molecule has 4 nitrogen and oxygen atoms in total. The third kappa shape index (κ3) is 3.85. The third-order valence-corrected chi connectivity index (χ3v) is 4.52. The quantitative estimate of drug-likeness (QED) is 0.392. The highest BCUT2D eigenvalue weighted by atomic mass is 32.2. The lowest BCUT2D eigenvalue weighted by atomic mass is 10.1. The fourth-order valence-electron chi connectivity index (χ4n) is 2.41. The Balaban J connectivity index is 1.97. The van der Waals surface area contributed by atoms with E-state index in [1.54, 1.807) is 18.3 Å². The molecule has 2 heterocycles. The van der Waals surface area contributed by atoms with Gasteiger partial charge in [0.15, 0.2) is 0 Å². The molecule has 130 valence electrons. The van der Waals surface area contributed by atoms with Gasteiger partial charge in [0.1, 0.15) is 15.3 Å². The molecule has 0 aliphatic rings. The van der Waals surface area contributed by atoms with E-state index in [1.165, 1.54) is 0 Å². The maximum absolute atomic E-state index is 12.2. The minimum Gasteiger partial charge on any atom is -0.454 e. The molecule has 25 heavy (non-hydrogen) atoms. The Kier molecular flexibility index (Phi) is 4.60. The minimum absolute atomic E-state index is 0.170. The van der Waals surface area contributed by atoms with E-state index in [2.05, 4.69) is 30.2 Å². The molecular formula is C19H19NO3S2. The average molecular weight is 373 g/mol. The zero-order chi connectivity index (χ0) is 18.2. The summed E-state index contributed by atoms with van der Waals surface area (Å²) in [6.45, 7) is 5.44. The van der Waals surface area contributed by atoms with Crippen molar-refractivity contribution in [2.45, 2.75) is 30.5 Å². The highest BCUT2D eigenvalue weighted by Gasteiger charge is 2.28. The first-order chi connectivity index (χ1) is 11.7. The molecule has 3 aromatic rings. The molecular weight excluding hydrogens is 354 g/mol. The monoisotopic (exact) mass is 373 g/mol. The molecule has 0 amide bonds. The molecule has 2 aromatic heterocycles. The van der Waals surface area contributed by atoms with Crippen LogP contribution in [0.2, 0.25) is 0 Å². The van der Waals surface area contributed by atoms with Gasteiger partial charge in [0, 0.05) is 11.6 Å². The van der Waals surface area contributed by atoms with E-state index in [-0.39, 0.29) is 5.76 Å². The lowest BCUT2D eigenvalue weighted by molar-refractivity contribution is 0.00382. The van der Waals surface area contributed by atoms with Crippen molar-refractivity contribution in [1.82, 2.24) is 4.98 Å². The van der Waals surface area contributed by atoms with Crippen molar-refractivity contribution in [3.8, 4) is 0 Å². The number of hydrogen-bond donors (Lipinski definition) is 2. The predicted octanol–water partition coefficient (Wildman–Crippen LogP) is 4.84. The van der Waals surface area contributed by atoms with E-state index >= 15 is 0 Å². The van der Waals surface area contributed by atoms with E-state index in [0.717, 1.165) is 16.6 Å². The fraction of sp³-hybridized carbons (Fsp3) is 0.263. The number of rotatable bonds is 3. The molecule has 0 N–H and O–H groups in total. The van der Waals surface area contributed by atoms with Crippen LogP contribution >= 0.6 is 25.3 Å². The van der Waals surface area contributed by atoms with Crippen molar-refractivity contribution in [3.63, 3.8) is 0 Å². The Morgan fingerprint density at radius 2 is 1.88 bits per heavy atom.